The Morgan fingerprint density at radius 3 is 2.59 bits per heavy atom. The van der Waals surface area contributed by atoms with Crippen LogP contribution in [-0.2, 0) is 5.54 Å². The lowest BCUT2D eigenvalue weighted by Gasteiger charge is -2.27. The SMILES string of the molecule is CCOc1c(OC)cccc1C1(N)CCCC1. The second-order valence-corrected chi connectivity index (χ2v) is 4.63. The first-order chi connectivity index (χ1) is 8.21. The summed E-state index contributed by atoms with van der Waals surface area (Å²) in [4.78, 5) is 0. The van der Waals surface area contributed by atoms with E-state index < -0.39 is 0 Å². The molecule has 1 aliphatic rings. The Morgan fingerprint density at radius 1 is 1.29 bits per heavy atom. The van der Waals surface area contributed by atoms with Crippen molar-refractivity contribution < 1.29 is 9.47 Å². The van der Waals surface area contributed by atoms with Crippen molar-refractivity contribution in [3.05, 3.63) is 23.8 Å². The normalized spacial score (nSPS) is 18.1. The largest absolute Gasteiger partial charge is 0.493 e. The summed E-state index contributed by atoms with van der Waals surface area (Å²) in [6, 6.07) is 5.98. The zero-order valence-electron chi connectivity index (χ0n) is 10.7. The topological polar surface area (TPSA) is 44.5 Å². The van der Waals surface area contributed by atoms with Crippen LogP contribution in [0.1, 0.15) is 38.2 Å². The fraction of sp³-hybridized carbons (Fsp3) is 0.571. The van der Waals surface area contributed by atoms with Crippen molar-refractivity contribution >= 4 is 0 Å². The Bertz CT molecular complexity index is 384. The summed E-state index contributed by atoms with van der Waals surface area (Å²) >= 11 is 0. The van der Waals surface area contributed by atoms with Gasteiger partial charge in [0.15, 0.2) is 11.5 Å². The van der Waals surface area contributed by atoms with Crippen LogP contribution in [-0.4, -0.2) is 13.7 Å². The number of nitrogens with two attached hydrogens (primary N) is 1. The highest BCUT2D eigenvalue weighted by atomic mass is 16.5. The average Bonchev–Trinajstić information content (AvgIpc) is 2.78. The Kier molecular flexibility index (Phi) is 3.57. The third kappa shape index (κ3) is 2.25. The van der Waals surface area contributed by atoms with Gasteiger partial charge in [0, 0.05) is 11.1 Å². The lowest BCUT2D eigenvalue weighted by Crippen LogP contribution is -2.33. The minimum Gasteiger partial charge on any atom is -0.493 e. The molecule has 0 amide bonds. The molecule has 2 N–H and O–H groups in total. The molecule has 2 rings (SSSR count). The van der Waals surface area contributed by atoms with Gasteiger partial charge >= 0.3 is 0 Å². The van der Waals surface area contributed by atoms with Crippen LogP contribution in [0.25, 0.3) is 0 Å². The Hall–Kier alpha value is -1.22. The maximum absolute atomic E-state index is 6.50. The van der Waals surface area contributed by atoms with E-state index in [4.69, 9.17) is 15.2 Å². The summed E-state index contributed by atoms with van der Waals surface area (Å²) in [5.74, 6) is 1.60. The first-order valence-corrected chi connectivity index (χ1v) is 6.30. The van der Waals surface area contributed by atoms with Gasteiger partial charge in [0.2, 0.25) is 0 Å². The fourth-order valence-electron chi connectivity index (χ4n) is 2.64. The first kappa shape index (κ1) is 12.2. The molecule has 0 bridgehead atoms. The second-order valence-electron chi connectivity index (χ2n) is 4.63. The van der Waals surface area contributed by atoms with E-state index in [1.54, 1.807) is 7.11 Å². The van der Waals surface area contributed by atoms with Crippen LogP contribution in [0.5, 0.6) is 11.5 Å². The molecule has 17 heavy (non-hydrogen) atoms. The Labute approximate surface area is 103 Å². The van der Waals surface area contributed by atoms with E-state index in [0.717, 1.165) is 29.9 Å². The van der Waals surface area contributed by atoms with E-state index in [1.165, 1.54) is 12.8 Å². The lowest BCUT2D eigenvalue weighted by molar-refractivity contribution is 0.297. The van der Waals surface area contributed by atoms with Crippen molar-refractivity contribution in [2.24, 2.45) is 5.73 Å². The van der Waals surface area contributed by atoms with Crippen molar-refractivity contribution in [1.29, 1.82) is 0 Å². The molecule has 0 saturated heterocycles. The van der Waals surface area contributed by atoms with Crippen LogP contribution in [0.2, 0.25) is 0 Å². The highest BCUT2D eigenvalue weighted by Gasteiger charge is 2.34. The summed E-state index contributed by atoms with van der Waals surface area (Å²) in [5.41, 5.74) is 7.36. The van der Waals surface area contributed by atoms with E-state index in [1.807, 2.05) is 19.1 Å². The third-order valence-electron chi connectivity index (χ3n) is 3.52. The summed E-state index contributed by atoms with van der Waals surface area (Å²) in [7, 11) is 1.67. The lowest BCUT2D eigenvalue weighted by atomic mass is 9.88. The summed E-state index contributed by atoms with van der Waals surface area (Å²) < 4.78 is 11.1. The van der Waals surface area contributed by atoms with Crippen molar-refractivity contribution in [2.75, 3.05) is 13.7 Å². The predicted octanol–water partition coefficient (Wildman–Crippen LogP) is 2.82. The average molecular weight is 235 g/mol. The molecule has 3 nitrogen and oxygen atoms in total. The van der Waals surface area contributed by atoms with E-state index in [2.05, 4.69) is 6.07 Å². The molecule has 0 unspecified atom stereocenters. The Morgan fingerprint density at radius 2 is 2.00 bits per heavy atom. The van der Waals surface area contributed by atoms with Crippen LogP contribution in [0.4, 0.5) is 0 Å². The molecule has 1 fully saturated rings. The highest BCUT2D eigenvalue weighted by Crippen LogP contribution is 2.44. The van der Waals surface area contributed by atoms with Gasteiger partial charge in [-0.25, -0.2) is 0 Å². The monoisotopic (exact) mass is 235 g/mol. The Balaban J connectivity index is 2.44. The van der Waals surface area contributed by atoms with Gasteiger partial charge in [0.25, 0.3) is 0 Å². The number of hydrogen-bond donors (Lipinski definition) is 1. The van der Waals surface area contributed by atoms with Gasteiger partial charge in [-0.15, -0.1) is 0 Å². The summed E-state index contributed by atoms with van der Waals surface area (Å²) in [6.07, 6.45) is 4.44. The maximum Gasteiger partial charge on any atom is 0.166 e. The summed E-state index contributed by atoms with van der Waals surface area (Å²) in [5, 5.41) is 0. The van der Waals surface area contributed by atoms with Crippen molar-refractivity contribution in [3.8, 4) is 11.5 Å². The number of benzene rings is 1. The fourth-order valence-corrected chi connectivity index (χ4v) is 2.64. The molecule has 0 atom stereocenters. The number of methoxy groups -OCH3 is 1. The van der Waals surface area contributed by atoms with Gasteiger partial charge in [0.05, 0.1) is 13.7 Å². The molecule has 0 radical (unpaired) electrons. The zero-order chi connectivity index (χ0) is 12.3. The number of hydrogen-bond acceptors (Lipinski definition) is 3. The molecule has 3 heteroatoms. The van der Waals surface area contributed by atoms with E-state index in [0.29, 0.717) is 6.61 Å². The third-order valence-corrected chi connectivity index (χ3v) is 3.52. The molecule has 0 heterocycles. The molecule has 94 valence electrons. The van der Waals surface area contributed by atoms with E-state index >= 15 is 0 Å². The molecule has 0 aliphatic heterocycles. The van der Waals surface area contributed by atoms with Gasteiger partial charge < -0.3 is 15.2 Å². The minimum atomic E-state index is -0.237. The predicted molar refractivity (Wildman–Crippen MR) is 68.5 cm³/mol. The number of rotatable bonds is 4. The van der Waals surface area contributed by atoms with E-state index in [-0.39, 0.29) is 5.54 Å². The standard InChI is InChI=1S/C14H21NO2/c1-3-17-13-11(7-6-8-12(13)16-2)14(15)9-4-5-10-14/h6-8H,3-5,9-10,15H2,1-2H3. The second kappa shape index (κ2) is 4.96. The molecule has 0 aromatic heterocycles. The molecule has 0 spiro atoms. The van der Waals surface area contributed by atoms with Crippen LogP contribution >= 0.6 is 0 Å². The van der Waals surface area contributed by atoms with Crippen LogP contribution in [0.3, 0.4) is 0 Å². The minimum absolute atomic E-state index is 0.237. The van der Waals surface area contributed by atoms with Crippen LogP contribution in [0, 0.1) is 0 Å². The van der Waals surface area contributed by atoms with Crippen molar-refractivity contribution in [3.63, 3.8) is 0 Å². The van der Waals surface area contributed by atoms with Gasteiger partial charge in [-0.3, -0.25) is 0 Å². The molecular weight excluding hydrogens is 214 g/mol. The molecule has 1 aromatic rings. The number of para-hydroxylation sites is 1. The smallest absolute Gasteiger partial charge is 0.166 e. The number of ether oxygens (including phenoxy) is 2. The van der Waals surface area contributed by atoms with Gasteiger partial charge in [-0.1, -0.05) is 25.0 Å². The van der Waals surface area contributed by atoms with Crippen molar-refractivity contribution in [2.45, 2.75) is 38.1 Å². The maximum atomic E-state index is 6.50. The van der Waals surface area contributed by atoms with Crippen molar-refractivity contribution in [1.82, 2.24) is 0 Å². The van der Waals surface area contributed by atoms with Gasteiger partial charge in [-0.2, -0.15) is 0 Å². The first-order valence-electron chi connectivity index (χ1n) is 6.30. The summed E-state index contributed by atoms with van der Waals surface area (Å²) in [6.45, 7) is 2.61. The van der Waals surface area contributed by atoms with Gasteiger partial charge in [-0.05, 0) is 25.8 Å². The highest BCUT2D eigenvalue weighted by molar-refractivity contribution is 5.50. The van der Waals surface area contributed by atoms with Gasteiger partial charge in [0.1, 0.15) is 0 Å². The van der Waals surface area contributed by atoms with Crippen LogP contribution < -0.4 is 15.2 Å². The molecule has 1 aromatic carbocycles. The molecule has 1 saturated carbocycles. The van der Waals surface area contributed by atoms with E-state index in [9.17, 15) is 0 Å². The zero-order valence-corrected chi connectivity index (χ0v) is 10.7. The molecule has 1 aliphatic carbocycles. The molecular formula is C14H21NO2. The quantitative estimate of drug-likeness (QED) is 0.872. The van der Waals surface area contributed by atoms with Crippen LogP contribution in [0.15, 0.2) is 18.2 Å².